The van der Waals surface area contributed by atoms with E-state index in [4.69, 9.17) is 15.1 Å². The van der Waals surface area contributed by atoms with Gasteiger partial charge in [0.2, 0.25) is 5.41 Å². The van der Waals surface area contributed by atoms with E-state index in [1.54, 1.807) is 0 Å². The van der Waals surface area contributed by atoms with E-state index in [1.807, 2.05) is 0 Å². The van der Waals surface area contributed by atoms with Crippen LogP contribution in [-0.2, 0) is 33.9 Å². The van der Waals surface area contributed by atoms with Crippen LogP contribution in [0.15, 0.2) is 12.7 Å². The summed E-state index contributed by atoms with van der Waals surface area (Å²) in [7, 11) is 0. The number of aliphatic carboxylic acids is 2. The van der Waals surface area contributed by atoms with Crippen LogP contribution in [0.5, 0.6) is 0 Å². The van der Waals surface area contributed by atoms with Gasteiger partial charge in [-0.25, -0.2) is 19.6 Å². The lowest BCUT2D eigenvalue weighted by atomic mass is 9.85. The van der Waals surface area contributed by atoms with Gasteiger partial charge >= 0.3 is 11.9 Å². The highest BCUT2D eigenvalue weighted by Crippen LogP contribution is 2.21. The maximum atomic E-state index is 11.3. The third-order valence-corrected chi connectivity index (χ3v) is 2.41. The first-order chi connectivity index (χ1) is 9.78. The predicted molar refractivity (Wildman–Crippen MR) is 67.0 cm³/mol. The Hall–Kier alpha value is -1.81. The largest absolute Gasteiger partial charge is 0.480 e. The number of carboxylic acid groups (broad SMARTS) is 2. The van der Waals surface area contributed by atoms with Crippen molar-refractivity contribution in [3.63, 3.8) is 0 Å². The summed E-state index contributed by atoms with van der Waals surface area (Å²) in [5.74, 6) is -4.74. The minimum absolute atomic E-state index is 0.0545. The van der Waals surface area contributed by atoms with Gasteiger partial charge in [0.1, 0.15) is 25.9 Å². The zero-order valence-corrected chi connectivity index (χ0v) is 11.7. The summed E-state index contributed by atoms with van der Waals surface area (Å²) in [6.45, 7) is 4.90. The van der Waals surface area contributed by atoms with Crippen LogP contribution in [0.4, 0.5) is 0 Å². The maximum absolute atomic E-state index is 11.3. The number of carboxylic acids is 2. The molecule has 0 aliphatic rings. The van der Waals surface area contributed by atoms with Gasteiger partial charge in [0.15, 0.2) is 5.78 Å². The highest BCUT2D eigenvalue weighted by atomic mass is 17.2. The molecule has 9 nitrogen and oxygen atoms in total. The van der Waals surface area contributed by atoms with E-state index in [0.717, 1.165) is 6.92 Å². The lowest BCUT2D eigenvalue weighted by Gasteiger charge is -2.21. The van der Waals surface area contributed by atoms with E-state index in [0.29, 0.717) is 0 Å². The third-order valence-electron chi connectivity index (χ3n) is 2.41. The van der Waals surface area contributed by atoms with E-state index >= 15 is 0 Å². The summed E-state index contributed by atoms with van der Waals surface area (Å²) < 4.78 is 0. The van der Waals surface area contributed by atoms with Crippen LogP contribution in [0.25, 0.3) is 0 Å². The number of hydrogen-bond acceptors (Lipinski definition) is 7. The molecule has 1 unspecified atom stereocenters. The fourth-order valence-corrected chi connectivity index (χ4v) is 1.12. The Balaban J connectivity index is 4.39. The number of carbonyl (C=O) groups excluding carboxylic acids is 1. The van der Waals surface area contributed by atoms with Crippen LogP contribution >= 0.6 is 0 Å². The van der Waals surface area contributed by atoms with Gasteiger partial charge < -0.3 is 10.2 Å². The van der Waals surface area contributed by atoms with E-state index in [2.05, 4.69) is 21.2 Å². The Kier molecular flexibility index (Phi) is 8.39. The molecule has 2 N–H and O–H groups in total. The topological polar surface area (TPSA) is 129 Å². The summed E-state index contributed by atoms with van der Waals surface area (Å²) >= 11 is 0. The molecule has 21 heavy (non-hydrogen) atoms. The number of ketones is 1. The molecule has 0 aliphatic carbocycles. The normalized spacial score (nSPS) is 12.7. The van der Waals surface area contributed by atoms with Crippen LogP contribution in [0.2, 0.25) is 0 Å². The van der Waals surface area contributed by atoms with Crippen molar-refractivity contribution >= 4 is 17.7 Å². The first-order valence-electron chi connectivity index (χ1n) is 5.90. The van der Waals surface area contributed by atoms with Gasteiger partial charge in [0, 0.05) is 0 Å². The average molecular weight is 306 g/mol. The lowest BCUT2D eigenvalue weighted by Crippen LogP contribution is -2.49. The third kappa shape index (κ3) is 5.60. The molecule has 0 aromatic heterocycles. The van der Waals surface area contributed by atoms with E-state index < -0.39 is 35.8 Å². The number of rotatable bonds is 12. The average Bonchev–Trinajstić information content (AvgIpc) is 2.38. The van der Waals surface area contributed by atoms with Gasteiger partial charge in [0.25, 0.3) is 0 Å². The van der Waals surface area contributed by atoms with E-state index in [9.17, 15) is 14.4 Å². The summed E-state index contributed by atoms with van der Waals surface area (Å²) in [5.41, 5.74) is -2.71. The molecule has 0 aliphatic heterocycles. The first kappa shape index (κ1) is 19.2. The van der Waals surface area contributed by atoms with Crippen LogP contribution in [0.1, 0.15) is 13.8 Å². The second-order valence-electron chi connectivity index (χ2n) is 4.10. The lowest BCUT2D eigenvalue weighted by molar-refractivity contribution is -0.364. The molecule has 0 aromatic rings. The van der Waals surface area contributed by atoms with Crippen molar-refractivity contribution in [3.05, 3.63) is 12.7 Å². The molecule has 0 saturated heterocycles. The van der Waals surface area contributed by atoms with E-state index in [1.165, 1.54) is 13.0 Å². The number of hydrogen-bond donors (Lipinski definition) is 2. The van der Waals surface area contributed by atoms with Crippen molar-refractivity contribution in [1.29, 1.82) is 0 Å². The highest BCUT2D eigenvalue weighted by molar-refractivity contribution is 6.18. The van der Waals surface area contributed by atoms with Crippen molar-refractivity contribution in [3.8, 4) is 0 Å². The van der Waals surface area contributed by atoms with Crippen molar-refractivity contribution in [2.75, 3.05) is 19.8 Å². The molecule has 0 radical (unpaired) electrons. The molecule has 0 heterocycles. The van der Waals surface area contributed by atoms with Crippen molar-refractivity contribution in [2.45, 2.75) is 20.0 Å². The summed E-state index contributed by atoms with van der Waals surface area (Å²) in [6, 6.07) is 0. The molecule has 120 valence electrons. The first-order valence-corrected chi connectivity index (χ1v) is 5.90. The van der Waals surface area contributed by atoms with Gasteiger partial charge in [-0.1, -0.05) is 6.08 Å². The van der Waals surface area contributed by atoms with Crippen LogP contribution < -0.4 is 0 Å². The summed E-state index contributed by atoms with van der Waals surface area (Å²) in [6.07, 6.45) is 0.783. The monoisotopic (exact) mass is 306 g/mol. The second kappa shape index (κ2) is 9.19. The number of Topliss-reactive ketones (excluding diaryl/α,β-unsaturated/α-hetero) is 1. The predicted octanol–water partition coefficient (Wildman–Crippen LogP) is 0.202. The fourth-order valence-electron chi connectivity index (χ4n) is 1.12. The molecule has 0 amide bonds. The molecule has 0 saturated carbocycles. The fraction of sp³-hybridized carbons (Fsp3) is 0.583. The second-order valence-corrected chi connectivity index (χ2v) is 4.10. The molecule has 0 rings (SSSR count). The maximum Gasteiger partial charge on any atom is 0.331 e. The van der Waals surface area contributed by atoms with Crippen molar-refractivity contribution in [1.82, 2.24) is 0 Å². The van der Waals surface area contributed by atoms with Gasteiger partial charge in [-0.15, -0.1) is 6.58 Å². The Labute approximate surface area is 120 Å². The molecule has 0 aromatic carbocycles. The Bertz CT molecular complexity index is 354. The summed E-state index contributed by atoms with van der Waals surface area (Å²) in [5, 5.41) is 17.9. The van der Waals surface area contributed by atoms with Gasteiger partial charge in [-0.3, -0.25) is 14.4 Å². The minimum atomic E-state index is -2.71. The Morgan fingerprint density at radius 3 is 2.19 bits per heavy atom. The molecule has 0 spiro atoms. The van der Waals surface area contributed by atoms with Crippen LogP contribution in [0, 0.1) is 5.41 Å². The van der Waals surface area contributed by atoms with Gasteiger partial charge in [-0.05, 0) is 13.8 Å². The Morgan fingerprint density at radius 1 is 1.19 bits per heavy atom. The summed E-state index contributed by atoms with van der Waals surface area (Å²) in [4.78, 5) is 52.0. The smallest absolute Gasteiger partial charge is 0.331 e. The van der Waals surface area contributed by atoms with Gasteiger partial charge in [-0.2, -0.15) is 0 Å². The molecule has 1 atom stereocenters. The highest BCUT2D eigenvalue weighted by Gasteiger charge is 2.52. The van der Waals surface area contributed by atoms with Crippen molar-refractivity contribution in [2.24, 2.45) is 5.41 Å². The van der Waals surface area contributed by atoms with Crippen molar-refractivity contribution < 1.29 is 44.1 Å². The standard InChI is InChI=1S/C12H18O9/c1-4-5-18-19-6-8(2)21-20-7-12(9(3)13,10(14)15)11(16)17/h4,8H,1,5-7H2,2-3H3,(H,14,15)(H,16,17). The minimum Gasteiger partial charge on any atom is -0.480 e. The zero-order valence-electron chi connectivity index (χ0n) is 11.7. The molecule has 0 fully saturated rings. The van der Waals surface area contributed by atoms with E-state index in [-0.39, 0.29) is 13.2 Å². The molecule has 9 heteroatoms. The van der Waals surface area contributed by atoms with Crippen LogP contribution in [-0.4, -0.2) is 53.9 Å². The SMILES string of the molecule is C=CCOOCC(C)OOCC(C(C)=O)(C(=O)O)C(=O)O. The molecular weight excluding hydrogens is 288 g/mol. The quantitative estimate of drug-likeness (QED) is 0.171. The number of carbonyl (C=O) groups is 3. The Morgan fingerprint density at radius 2 is 1.76 bits per heavy atom. The van der Waals surface area contributed by atoms with Gasteiger partial charge in [0.05, 0.1) is 0 Å². The molecule has 0 bridgehead atoms. The van der Waals surface area contributed by atoms with Crippen LogP contribution in [0.3, 0.4) is 0 Å². The molecular formula is C12H18O9. The zero-order chi connectivity index (χ0) is 16.5.